The first-order valence-electron chi connectivity index (χ1n) is 9.48. The number of fused-ring (bicyclic) bond motifs is 1. The van der Waals surface area contributed by atoms with Crippen LogP contribution < -0.4 is 10.6 Å². The van der Waals surface area contributed by atoms with E-state index in [-0.39, 0.29) is 10.8 Å². The van der Waals surface area contributed by atoms with Gasteiger partial charge in [0.25, 0.3) is 5.69 Å². The van der Waals surface area contributed by atoms with E-state index in [1.807, 2.05) is 48.5 Å². The molecule has 0 bridgehead atoms. The summed E-state index contributed by atoms with van der Waals surface area (Å²) in [6, 6.07) is 21.5. The number of nitrogens with one attached hydrogen (secondary N) is 2. The molecule has 0 unspecified atom stereocenters. The van der Waals surface area contributed by atoms with E-state index in [0.29, 0.717) is 5.56 Å². The molecule has 0 saturated carbocycles. The number of hydrogen-bond donors (Lipinski definition) is 2. The zero-order chi connectivity index (χ0) is 22.5. The molecule has 0 saturated heterocycles. The largest absolute Gasteiger partial charge is 0.332 e. The minimum atomic E-state index is -0.487. The lowest BCUT2D eigenvalue weighted by Crippen LogP contribution is -2.32. The highest BCUT2D eigenvalue weighted by Gasteiger charge is 2.08. The van der Waals surface area contributed by atoms with Crippen molar-refractivity contribution in [1.29, 1.82) is 0 Å². The number of nitrogens with zero attached hydrogens (tertiary/aromatic N) is 2. The fourth-order valence-corrected chi connectivity index (χ4v) is 4.14. The van der Waals surface area contributed by atoms with Crippen molar-refractivity contribution >= 4 is 62.2 Å². The number of non-ortho nitro benzene ring substituents is 1. The number of amides is 1. The average Bonchev–Trinajstić information content (AvgIpc) is 3.22. The van der Waals surface area contributed by atoms with Crippen LogP contribution in [0.2, 0.25) is 0 Å². The van der Waals surface area contributed by atoms with Crippen molar-refractivity contribution in [3.8, 4) is 10.6 Å². The van der Waals surface area contributed by atoms with Crippen LogP contribution in [-0.4, -0.2) is 20.9 Å². The van der Waals surface area contributed by atoms with Gasteiger partial charge in [0.15, 0.2) is 5.11 Å². The molecule has 1 heterocycles. The average molecular weight is 461 g/mol. The summed E-state index contributed by atoms with van der Waals surface area (Å²) in [5, 5.41) is 17.4. The number of rotatable bonds is 5. The molecular weight excluding hydrogens is 444 g/mol. The van der Waals surface area contributed by atoms with Crippen molar-refractivity contribution in [2.45, 2.75) is 0 Å². The van der Waals surface area contributed by atoms with Gasteiger partial charge in [0.2, 0.25) is 5.91 Å². The molecule has 0 aliphatic heterocycles. The molecule has 0 atom stereocenters. The molecule has 0 radical (unpaired) electrons. The van der Waals surface area contributed by atoms with Crippen molar-refractivity contribution in [2.75, 3.05) is 5.32 Å². The summed E-state index contributed by atoms with van der Waals surface area (Å²) in [4.78, 5) is 27.2. The zero-order valence-electron chi connectivity index (χ0n) is 16.5. The first kappa shape index (κ1) is 21.3. The molecule has 158 valence electrons. The van der Waals surface area contributed by atoms with Gasteiger partial charge in [-0.1, -0.05) is 36.4 Å². The maximum absolute atomic E-state index is 12.2. The molecule has 1 aromatic heterocycles. The predicted octanol–water partition coefficient (Wildman–Crippen LogP) is 5.40. The molecule has 4 aromatic rings. The van der Waals surface area contributed by atoms with Gasteiger partial charge in [-0.05, 0) is 48.1 Å². The Balaban J connectivity index is 1.39. The number of para-hydroxylation sites is 1. The number of thiocarbonyl (C=S) groups is 1. The Kier molecular flexibility index (Phi) is 6.29. The third-order valence-electron chi connectivity index (χ3n) is 4.41. The van der Waals surface area contributed by atoms with Gasteiger partial charge < -0.3 is 5.32 Å². The van der Waals surface area contributed by atoms with Crippen molar-refractivity contribution in [1.82, 2.24) is 10.3 Å². The SMILES string of the molecule is O=C(/C=C/c1cccc([N+](=O)[O-])c1)NC(=S)Nc1cccc(-c2nc3ccccc3s2)c1. The van der Waals surface area contributed by atoms with Crippen LogP contribution in [0.15, 0.2) is 78.9 Å². The van der Waals surface area contributed by atoms with E-state index in [9.17, 15) is 14.9 Å². The molecule has 3 aromatic carbocycles. The van der Waals surface area contributed by atoms with Crippen LogP contribution in [0.5, 0.6) is 0 Å². The first-order chi connectivity index (χ1) is 15.5. The second-order valence-electron chi connectivity index (χ2n) is 6.70. The van der Waals surface area contributed by atoms with Gasteiger partial charge in [-0.15, -0.1) is 11.3 Å². The van der Waals surface area contributed by atoms with Crippen LogP contribution in [-0.2, 0) is 4.79 Å². The van der Waals surface area contributed by atoms with E-state index >= 15 is 0 Å². The summed E-state index contributed by atoms with van der Waals surface area (Å²) in [6.07, 6.45) is 2.75. The first-order valence-corrected chi connectivity index (χ1v) is 10.7. The van der Waals surface area contributed by atoms with E-state index in [4.69, 9.17) is 12.2 Å². The monoisotopic (exact) mass is 460 g/mol. The van der Waals surface area contributed by atoms with Gasteiger partial charge >= 0.3 is 0 Å². The fourth-order valence-electron chi connectivity index (χ4n) is 2.96. The molecule has 2 N–H and O–H groups in total. The highest BCUT2D eigenvalue weighted by molar-refractivity contribution is 7.80. The summed E-state index contributed by atoms with van der Waals surface area (Å²) in [6.45, 7) is 0. The van der Waals surface area contributed by atoms with Crippen molar-refractivity contribution in [3.63, 3.8) is 0 Å². The Labute approximate surface area is 192 Å². The van der Waals surface area contributed by atoms with Gasteiger partial charge in [0.1, 0.15) is 5.01 Å². The lowest BCUT2D eigenvalue weighted by Gasteiger charge is -2.09. The third kappa shape index (κ3) is 5.20. The van der Waals surface area contributed by atoms with E-state index in [0.717, 1.165) is 26.5 Å². The number of nitro groups is 1. The third-order valence-corrected chi connectivity index (χ3v) is 5.70. The smallest absolute Gasteiger partial charge is 0.270 e. The Morgan fingerprint density at radius 3 is 2.69 bits per heavy atom. The fraction of sp³-hybridized carbons (Fsp3) is 0. The Morgan fingerprint density at radius 2 is 1.88 bits per heavy atom. The number of carbonyl (C=O) groups is 1. The van der Waals surface area contributed by atoms with E-state index < -0.39 is 10.8 Å². The van der Waals surface area contributed by atoms with Crippen LogP contribution in [0.25, 0.3) is 26.9 Å². The van der Waals surface area contributed by atoms with Gasteiger partial charge in [0.05, 0.1) is 15.1 Å². The molecular formula is C23H16N4O3S2. The van der Waals surface area contributed by atoms with Crippen LogP contribution in [0.3, 0.4) is 0 Å². The van der Waals surface area contributed by atoms with Gasteiger partial charge in [0, 0.05) is 29.5 Å². The number of thiazole rings is 1. The molecule has 0 fully saturated rings. The standard InChI is InChI=1S/C23H16N4O3S2/c28-21(12-11-15-5-3-8-18(13-15)27(29)30)26-23(31)24-17-7-4-6-16(14-17)22-25-19-9-1-2-10-20(19)32-22/h1-14H,(H2,24,26,28,31)/b12-11+. The molecule has 0 spiro atoms. The summed E-state index contributed by atoms with van der Waals surface area (Å²) < 4.78 is 1.11. The molecule has 7 nitrogen and oxygen atoms in total. The van der Waals surface area contributed by atoms with Crippen LogP contribution in [0, 0.1) is 10.1 Å². The summed E-state index contributed by atoms with van der Waals surface area (Å²) in [7, 11) is 0. The van der Waals surface area contributed by atoms with E-state index in [1.165, 1.54) is 24.3 Å². The molecule has 4 rings (SSSR count). The maximum atomic E-state index is 12.2. The molecule has 32 heavy (non-hydrogen) atoms. The molecule has 0 aliphatic carbocycles. The lowest BCUT2D eigenvalue weighted by molar-refractivity contribution is -0.384. The van der Waals surface area contributed by atoms with Gasteiger partial charge in [-0.3, -0.25) is 20.2 Å². The number of benzene rings is 3. The minimum absolute atomic E-state index is 0.0437. The maximum Gasteiger partial charge on any atom is 0.270 e. The number of anilines is 1. The Bertz CT molecular complexity index is 1330. The highest BCUT2D eigenvalue weighted by Crippen LogP contribution is 2.31. The Hall–Kier alpha value is -3.95. The topological polar surface area (TPSA) is 97.2 Å². The van der Waals surface area contributed by atoms with Crippen molar-refractivity contribution in [3.05, 3.63) is 94.6 Å². The van der Waals surface area contributed by atoms with Gasteiger partial charge in [-0.2, -0.15) is 0 Å². The van der Waals surface area contributed by atoms with Crippen LogP contribution >= 0.6 is 23.6 Å². The summed E-state index contributed by atoms with van der Waals surface area (Å²) in [5.41, 5.74) is 3.10. The van der Waals surface area contributed by atoms with Crippen LogP contribution in [0.1, 0.15) is 5.56 Å². The second kappa shape index (κ2) is 9.46. The van der Waals surface area contributed by atoms with Crippen molar-refractivity contribution in [2.24, 2.45) is 0 Å². The number of nitro benzene ring substituents is 1. The predicted molar refractivity (Wildman–Crippen MR) is 132 cm³/mol. The molecule has 1 amide bonds. The lowest BCUT2D eigenvalue weighted by atomic mass is 10.2. The minimum Gasteiger partial charge on any atom is -0.332 e. The molecule has 0 aliphatic rings. The highest BCUT2D eigenvalue weighted by atomic mass is 32.1. The second-order valence-corrected chi connectivity index (χ2v) is 8.14. The summed E-state index contributed by atoms with van der Waals surface area (Å²) >= 11 is 6.83. The van der Waals surface area contributed by atoms with Crippen molar-refractivity contribution < 1.29 is 9.72 Å². The molecule has 9 heteroatoms. The number of carbonyl (C=O) groups excluding carboxylic acids is 1. The zero-order valence-corrected chi connectivity index (χ0v) is 18.2. The summed E-state index contributed by atoms with van der Waals surface area (Å²) in [5.74, 6) is -0.448. The number of hydrogen-bond acceptors (Lipinski definition) is 6. The number of aromatic nitrogens is 1. The normalized spacial score (nSPS) is 10.9. The van der Waals surface area contributed by atoms with Crippen LogP contribution in [0.4, 0.5) is 11.4 Å². The van der Waals surface area contributed by atoms with E-state index in [2.05, 4.69) is 15.6 Å². The Morgan fingerprint density at radius 1 is 1.06 bits per heavy atom. The van der Waals surface area contributed by atoms with Gasteiger partial charge in [-0.25, -0.2) is 4.98 Å². The quantitative estimate of drug-likeness (QED) is 0.179. The van der Waals surface area contributed by atoms with E-state index in [1.54, 1.807) is 23.5 Å².